The Morgan fingerprint density at radius 2 is 1.14 bits per heavy atom. The van der Waals surface area contributed by atoms with Crippen LogP contribution in [-0.4, -0.2) is 7.05 Å². The van der Waals surface area contributed by atoms with Gasteiger partial charge in [0.2, 0.25) is 0 Å². The van der Waals surface area contributed by atoms with Crippen LogP contribution in [0.3, 0.4) is 0 Å². The maximum atomic E-state index is 3.24. The van der Waals surface area contributed by atoms with Crippen molar-refractivity contribution < 1.29 is 20.1 Å². The number of fused-ring (bicyclic) bond motifs is 1. The minimum atomic E-state index is 0. The quantitative estimate of drug-likeness (QED) is 0.276. The Bertz CT molecular complexity index is 967. The van der Waals surface area contributed by atoms with E-state index in [-0.39, 0.29) is 20.1 Å². The molecule has 0 saturated heterocycles. The zero-order valence-corrected chi connectivity index (χ0v) is 18.4. The summed E-state index contributed by atoms with van der Waals surface area (Å²) in [5, 5.41) is 0. The van der Waals surface area contributed by atoms with E-state index in [4.69, 9.17) is 0 Å². The smallest absolute Gasteiger partial charge is 0.0326 e. The molecule has 147 valence electrons. The molecule has 1 heterocycles. The van der Waals surface area contributed by atoms with Gasteiger partial charge in [0.05, 0.1) is 0 Å². The first-order chi connectivity index (χ1) is 13.8. The van der Waals surface area contributed by atoms with Crippen molar-refractivity contribution in [1.29, 1.82) is 0 Å². The van der Waals surface area contributed by atoms with E-state index in [1.165, 1.54) is 11.4 Å². The molecule has 1 radical (unpaired) electrons. The van der Waals surface area contributed by atoms with E-state index < -0.39 is 0 Å². The molecule has 4 aromatic rings. The molecule has 0 unspecified atom stereocenters. The third-order valence-electron chi connectivity index (χ3n) is 4.47. The topological polar surface area (TPSA) is 6.48 Å². The van der Waals surface area contributed by atoms with Crippen molar-refractivity contribution in [1.82, 2.24) is 0 Å². The minimum absolute atomic E-state index is 0. The van der Waals surface area contributed by atoms with Gasteiger partial charge in [-0.2, -0.15) is 85.5 Å². The molecule has 0 amide bonds. The van der Waals surface area contributed by atoms with Crippen molar-refractivity contribution in [2.75, 3.05) is 16.8 Å². The summed E-state index contributed by atoms with van der Waals surface area (Å²) in [6.07, 6.45) is 0. The van der Waals surface area contributed by atoms with Crippen LogP contribution in [0.4, 0.5) is 17.1 Å². The molecule has 0 aromatic heterocycles. The molecular weight excluding hydrogens is 533 g/mol. The predicted molar refractivity (Wildman–Crippen MR) is 116 cm³/mol. The van der Waals surface area contributed by atoms with Crippen LogP contribution < -0.4 is 9.80 Å². The molecule has 5 rings (SSSR count). The number of benzene rings is 4. The van der Waals surface area contributed by atoms with Crippen molar-refractivity contribution in [2.24, 2.45) is 0 Å². The summed E-state index contributed by atoms with van der Waals surface area (Å²) in [4.78, 5) is 4.27. The van der Waals surface area contributed by atoms with Gasteiger partial charge < -0.3 is 9.80 Å². The van der Waals surface area contributed by atoms with Gasteiger partial charge in [0.1, 0.15) is 0 Å². The fraction of sp³-hybridized carbons (Fsp3) is 0.0385. The number of para-hydroxylation sites is 3. The van der Waals surface area contributed by atoms with Crippen LogP contribution in [0.1, 0.15) is 0 Å². The van der Waals surface area contributed by atoms with Gasteiger partial charge in [-0.3, -0.25) is 0 Å². The molecule has 2 nitrogen and oxygen atoms in total. The molecule has 3 heteroatoms. The summed E-state index contributed by atoms with van der Waals surface area (Å²) in [5.74, 6) is 0. The van der Waals surface area contributed by atoms with E-state index in [1.54, 1.807) is 0 Å². The van der Waals surface area contributed by atoms with Crippen molar-refractivity contribution in [3.05, 3.63) is 122 Å². The Balaban J connectivity index is 0.000000167. The largest absolute Gasteiger partial charge is 0.504 e. The first-order valence-corrected chi connectivity index (χ1v) is 9.19. The van der Waals surface area contributed by atoms with Crippen LogP contribution in [0.15, 0.2) is 97.1 Å². The second-order valence-electron chi connectivity index (χ2n) is 6.39. The normalized spacial score (nSPS) is 11.8. The van der Waals surface area contributed by atoms with Gasteiger partial charge in [-0.05, 0) is 19.2 Å². The number of nitrogens with zero attached hydrogens (tertiary/aromatic N) is 2. The standard InChI is InChI=1S/C14H12N2.C12H8.Ir/c1-15-11-16(12-7-3-2-4-8-12)14-10-6-5-9-13(14)15;1-3-7-11(8-4-1)12-9-5-2-6-10-12;/h2-7,9-11H,1H3;1-7,9H;/q2*-2;. The molecule has 29 heavy (non-hydrogen) atoms. The van der Waals surface area contributed by atoms with E-state index in [1.807, 2.05) is 66.7 Å². The predicted octanol–water partition coefficient (Wildman–Crippen LogP) is 6.15. The van der Waals surface area contributed by atoms with Gasteiger partial charge in [0.15, 0.2) is 0 Å². The molecule has 1 aliphatic heterocycles. The van der Waals surface area contributed by atoms with Gasteiger partial charge in [0, 0.05) is 31.5 Å². The van der Waals surface area contributed by atoms with Gasteiger partial charge >= 0.3 is 0 Å². The van der Waals surface area contributed by atoms with Crippen molar-refractivity contribution in [3.63, 3.8) is 0 Å². The second-order valence-corrected chi connectivity index (χ2v) is 6.39. The van der Waals surface area contributed by atoms with E-state index in [9.17, 15) is 0 Å². The molecule has 0 aliphatic carbocycles. The Labute approximate surface area is 186 Å². The monoisotopic (exact) mass is 553 g/mol. The van der Waals surface area contributed by atoms with E-state index >= 15 is 0 Å². The van der Waals surface area contributed by atoms with Gasteiger partial charge in [0.25, 0.3) is 0 Å². The molecule has 0 bridgehead atoms. The Hall–Kier alpha value is -2.87. The molecule has 0 N–H and O–H groups in total. The Morgan fingerprint density at radius 3 is 1.66 bits per heavy atom. The van der Waals surface area contributed by atoms with Crippen LogP contribution >= 0.6 is 0 Å². The average molecular weight is 553 g/mol. The third-order valence-corrected chi connectivity index (χ3v) is 4.47. The molecular formula is C26H20IrN2-4. The number of hydrogen-bond acceptors (Lipinski definition) is 2. The van der Waals surface area contributed by atoms with E-state index in [0.29, 0.717) is 0 Å². The maximum absolute atomic E-state index is 3.24. The number of rotatable bonds is 2. The minimum Gasteiger partial charge on any atom is -0.504 e. The maximum Gasteiger partial charge on any atom is 0.0326 e. The fourth-order valence-electron chi connectivity index (χ4n) is 3.11. The van der Waals surface area contributed by atoms with Gasteiger partial charge in [-0.15, -0.1) is 17.8 Å². The molecule has 0 atom stereocenters. The summed E-state index contributed by atoms with van der Waals surface area (Å²) >= 11 is 0. The summed E-state index contributed by atoms with van der Waals surface area (Å²) in [5.41, 5.74) is 5.68. The number of hydrogen-bond donors (Lipinski definition) is 0. The summed E-state index contributed by atoms with van der Waals surface area (Å²) in [6.45, 7) is 2.08. The Morgan fingerprint density at radius 1 is 0.621 bits per heavy atom. The van der Waals surface area contributed by atoms with Crippen LogP contribution in [0.25, 0.3) is 11.1 Å². The first kappa shape index (κ1) is 20.9. The summed E-state index contributed by atoms with van der Waals surface area (Å²) < 4.78 is 0. The fourth-order valence-corrected chi connectivity index (χ4v) is 3.11. The van der Waals surface area contributed by atoms with Crippen molar-refractivity contribution >= 4 is 17.1 Å². The molecule has 1 aliphatic rings. The van der Waals surface area contributed by atoms with Gasteiger partial charge in [-0.25, -0.2) is 11.1 Å². The summed E-state index contributed by atoms with van der Waals surface area (Å²) in [7, 11) is 2.06. The second kappa shape index (κ2) is 10.1. The van der Waals surface area contributed by atoms with E-state index in [2.05, 4.69) is 72.0 Å². The summed E-state index contributed by atoms with van der Waals surface area (Å²) in [6, 6.07) is 41.7. The third kappa shape index (κ3) is 4.95. The van der Waals surface area contributed by atoms with E-state index in [0.717, 1.165) is 16.8 Å². The SMILES string of the molecule is CN1[CH-]N(c2[c-]cccc2)c2ccccc21.[Ir].[c-]1ccccc1-c1[c-]cccc1. The van der Waals surface area contributed by atoms with Gasteiger partial charge in [-0.1, -0.05) is 12.1 Å². The number of anilines is 3. The average Bonchev–Trinajstić information content (AvgIpc) is 3.13. The molecule has 0 saturated carbocycles. The van der Waals surface area contributed by atoms with Crippen LogP contribution in [0, 0.1) is 24.9 Å². The molecule has 4 aromatic carbocycles. The van der Waals surface area contributed by atoms with Crippen molar-refractivity contribution in [3.8, 4) is 11.1 Å². The van der Waals surface area contributed by atoms with Crippen LogP contribution in [-0.2, 0) is 20.1 Å². The first-order valence-electron chi connectivity index (χ1n) is 9.19. The Kier molecular flexibility index (Phi) is 7.24. The zero-order valence-electron chi connectivity index (χ0n) is 16.0. The van der Waals surface area contributed by atoms with Crippen LogP contribution in [0.2, 0.25) is 0 Å². The zero-order chi connectivity index (χ0) is 19.2. The van der Waals surface area contributed by atoms with Crippen LogP contribution in [0.5, 0.6) is 0 Å². The molecule has 0 fully saturated rings. The van der Waals surface area contributed by atoms with Crippen molar-refractivity contribution in [2.45, 2.75) is 0 Å². The molecule has 0 spiro atoms.